The van der Waals surface area contributed by atoms with Gasteiger partial charge < -0.3 is 4.52 Å². The Morgan fingerprint density at radius 2 is 2.11 bits per heavy atom. The Labute approximate surface area is 55.2 Å². The minimum atomic E-state index is -0.191. The lowest BCUT2D eigenvalue weighted by Crippen LogP contribution is -2.02. The van der Waals surface area contributed by atoms with Gasteiger partial charge in [0.1, 0.15) is 0 Å². The molecule has 0 aromatic carbocycles. The molecular formula is C5H9N2OP. The van der Waals surface area contributed by atoms with E-state index in [9.17, 15) is 0 Å². The summed E-state index contributed by atoms with van der Waals surface area (Å²) >= 11 is 0. The highest BCUT2D eigenvalue weighted by Crippen LogP contribution is 2.20. The molecule has 0 saturated carbocycles. The fourth-order valence-corrected chi connectivity index (χ4v) is 1.02. The molecular weight excluding hydrogens is 135 g/mol. The van der Waals surface area contributed by atoms with Gasteiger partial charge in [0, 0.05) is 6.92 Å². The molecule has 1 rings (SSSR count). The van der Waals surface area contributed by atoms with Gasteiger partial charge in [0.25, 0.3) is 0 Å². The van der Waals surface area contributed by atoms with E-state index < -0.39 is 0 Å². The van der Waals surface area contributed by atoms with Gasteiger partial charge in [0.05, 0.1) is 0 Å². The highest BCUT2D eigenvalue weighted by Gasteiger charge is 2.04. The van der Waals surface area contributed by atoms with Crippen LogP contribution in [0.15, 0.2) is 4.52 Å². The van der Waals surface area contributed by atoms with Gasteiger partial charge in [0.2, 0.25) is 5.89 Å². The van der Waals surface area contributed by atoms with E-state index in [-0.39, 0.29) is 7.92 Å². The summed E-state index contributed by atoms with van der Waals surface area (Å²) in [6.45, 7) is 5.99. The summed E-state index contributed by atoms with van der Waals surface area (Å²) in [7, 11) is -0.191. The van der Waals surface area contributed by atoms with E-state index >= 15 is 0 Å². The Morgan fingerprint density at radius 1 is 1.44 bits per heavy atom. The van der Waals surface area contributed by atoms with Crippen molar-refractivity contribution < 1.29 is 4.52 Å². The van der Waals surface area contributed by atoms with Crippen molar-refractivity contribution in [3.8, 4) is 0 Å². The highest BCUT2D eigenvalue weighted by molar-refractivity contribution is 7.63. The van der Waals surface area contributed by atoms with Crippen molar-refractivity contribution in [2.45, 2.75) is 6.92 Å². The van der Waals surface area contributed by atoms with Gasteiger partial charge in [-0.05, 0) is 21.3 Å². The SMILES string of the molecule is Cc1nc(P(C)C)no1. The van der Waals surface area contributed by atoms with Crippen molar-refractivity contribution >= 4 is 13.5 Å². The molecule has 1 aromatic rings. The molecule has 0 aliphatic rings. The molecule has 1 aromatic heterocycles. The molecule has 0 aliphatic heterocycles. The Morgan fingerprint density at radius 3 is 2.33 bits per heavy atom. The monoisotopic (exact) mass is 144 g/mol. The van der Waals surface area contributed by atoms with Gasteiger partial charge in [0.15, 0.2) is 5.57 Å². The number of hydrogen-bond acceptors (Lipinski definition) is 3. The fraction of sp³-hybridized carbons (Fsp3) is 0.600. The van der Waals surface area contributed by atoms with Crippen molar-refractivity contribution in [2.75, 3.05) is 13.3 Å². The topological polar surface area (TPSA) is 38.9 Å². The second-order valence-corrected chi connectivity index (χ2v) is 4.20. The van der Waals surface area contributed by atoms with Crippen LogP contribution in [0.5, 0.6) is 0 Å². The normalized spacial score (nSPS) is 10.7. The molecule has 0 bridgehead atoms. The van der Waals surface area contributed by atoms with Gasteiger partial charge >= 0.3 is 0 Å². The zero-order valence-corrected chi connectivity index (χ0v) is 6.64. The van der Waals surface area contributed by atoms with E-state index in [2.05, 4.69) is 23.5 Å². The van der Waals surface area contributed by atoms with Crippen molar-refractivity contribution in [1.82, 2.24) is 10.1 Å². The zero-order chi connectivity index (χ0) is 6.85. The van der Waals surface area contributed by atoms with Gasteiger partial charge in [-0.3, -0.25) is 0 Å². The van der Waals surface area contributed by atoms with Crippen molar-refractivity contribution in [3.05, 3.63) is 5.89 Å². The first-order valence-electron chi connectivity index (χ1n) is 2.68. The number of nitrogens with zero attached hydrogens (tertiary/aromatic N) is 2. The molecule has 4 heteroatoms. The van der Waals surface area contributed by atoms with E-state index in [0.717, 1.165) is 5.57 Å². The predicted molar refractivity (Wildman–Crippen MR) is 37.4 cm³/mol. The molecule has 1 heterocycles. The molecule has 0 unspecified atom stereocenters. The number of hydrogen-bond donors (Lipinski definition) is 0. The average Bonchev–Trinajstić information content (AvgIpc) is 2.14. The predicted octanol–water partition coefficient (Wildman–Crippen LogP) is 0.745. The molecule has 0 fully saturated rings. The molecule has 0 saturated heterocycles. The van der Waals surface area contributed by atoms with Crippen LogP contribution in [0.2, 0.25) is 0 Å². The Bertz CT molecular complexity index is 197. The largest absolute Gasteiger partial charge is 0.339 e. The molecule has 0 N–H and O–H groups in total. The third-order valence-electron chi connectivity index (χ3n) is 0.917. The number of aryl methyl sites for hydroxylation is 1. The van der Waals surface area contributed by atoms with Gasteiger partial charge in [-0.2, -0.15) is 4.98 Å². The van der Waals surface area contributed by atoms with E-state index in [0.29, 0.717) is 5.89 Å². The van der Waals surface area contributed by atoms with E-state index in [1.165, 1.54) is 0 Å². The summed E-state index contributed by atoms with van der Waals surface area (Å²) < 4.78 is 4.78. The van der Waals surface area contributed by atoms with E-state index in [4.69, 9.17) is 4.52 Å². The number of rotatable bonds is 1. The van der Waals surface area contributed by atoms with Gasteiger partial charge in [-0.1, -0.05) is 5.16 Å². The Balaban J connectivity index is 2.85. The molecule has 0 radical (unpaired) electrons. The van der Waals surface area contributed by atoms with Crippen LogP contribution in [0.4, 0.5) is 0 Å². The van der Waals surface area contributed by atoms with Crippen molar-refractivity contribution in [3.63, 3.8) is 0 Å². The maximum absolute atomic E-state index is 4.78. The van der Waals surface area contributed by atoms with Crippen LogP contribution in [-0.4, -0.2) is 23.5 Å². The zero-order valence-electron chi connectivity index (χ0n) is 5.75. The summed E-state index contributed by atoms with van der Waals surface area (Å²) in [5.74, 6) is 0.654. The summed E-state index contributed by atoms with van der Waals surface area (Å²) in [5, 5.41) is 3.76. The Hall–Kier alpha value is -0.430. The second-order valence-electron chi connectivity index (χ2n) is 2.01. The van der Waals surface area contributed by atoms with Crippen LogP contribution in [-0.2, 0) is 0 Å². The summed E-state index contributed by atoms with van der Waals surface area (Å²) in [6, 6.07) is 0. The quantitative estimate of drug-likeness (QED) is 0.546. The molecule has 0 spiro atoms. The standard InChI is InChI=1S/C5H9N2OP/c1-4-6-5(7-8-4)9(2)3/h1-3H3. The maximum atomic E-state index is 4.78. The molecule has 0 aliphatic carbocycles. The van der Waals surface area contributed by atoms with Crippen LogP contribution in [0, 0.1) is 6.92 Å². The van der Waals surface area contributed by atoms with Crippen LogP contribution in [0.3, 0.4) is 0 Å². The summed E-state index contributed by atoms with van der Waals surface area (Å²) in [5.41, 5.74) is 0.850. The van der Waals surface area contributed by atoms with Crippen LogP contribution >= 0.6 is 7.92 Å². The lowest BCUT2D eigenvalue weighted by molar-refractivity contribution is 0.396. The van der Waals surface area contributed by atoms with E-state index in [1.54, 1.807) is 6.92 Å². The fourth-order valence-electron chi connectivity index (χ4n) is 0.470. The molecule has 3 nitrogen and oxygen atoms in total. The minimum absolute atomic E-state index is 0.191. The number of aromatic nitrogens is 2. The molecule has 0 amide bonds. The van der Waals surface area contributed by atoms with Crippen molar-refractivity contribution in [2.24, 2.45) is 0 Å². The lowest BCUT2D eigenvalue weighted by Gasteiger charge is -1.92. The first kappa shape index (κ1) is 6.69. The molecule has 9 heavy (non-hydrogen) atoms. The van der Waals surface area contributed by atoms with Gasteiger partial charge in [-0.15, -0.1) is 0 Å². The summed E-state index contributed by atoms with van der Waals surface area (Å²) in [6.07, 6.45) is 0. The second kappa shape index (κ2) is 2.44. The first-order valence-corrected chi connectivity index (χ1v) is 4.91. The van der Waals surface area contributed by atoms with Crippen LogP contribution < -0.4 is 5.57 Å². The van der Waals surface area contributed by atoms with Crippen molar-refractivity contribution in [1.29, 1.82) is 0 Å². The smallest absolute Gasteiger partial charge is 0.223 e. The third-order valence-corrected chi connectivity index (χ3v) is 1.90. The molecule has 0 atom stereocenters. The lowest BCUT2D eigenvalue weighted by atomic mass is 10.8. The van der Waals surface area contributed by atoms with Gasteiger partial charge in [-0.25, -0.2) is 0 Å². The average molecular weight is 144 g/mol. The van der Waals surface area contributed by atoms with E-state index in [1.807, 2.05) is 0 Å². The minimum Gasteiger partial charge on any atom is -0.339 e. The third kappa shape index (κ3) is 1.49. The maximum Gasteiger partial charge on any atom is 0.223 e. The molecule has 50 valence electrons. The summed E-state index contributed by atoms with van der Waals surface area (Å²) in [4.78, 5) is 4.06. The van der Waals surface area contributed by atoms with Crippen LogP contribution in [0.25, 0.3) is 0 Å². The first-order chi connectivity index (χ1) is 4.20. The Kier molecular flexibility index (Phi) is 1.81. The van der Waals surface area contributed by atoms with Crippen LogP contribution in [0.1, 0.15) is 5.89 Å². The highest BCUT2D eigenvalue weighted by atomic mass is 31.1.